The highest BCUT2D eigenvalue weighted by atomic mass is 79.9. The monoisotopic (exact) mass is 461 g/mol. The molecule has 2 unspecified atom stereocenters. The van der Waals surface area contributed by atoms with E-state index in [0.717, 1.165) is 23.1 Å². The maximum Gasteiger partial charge on any atom is 0.119 e. The molecule has 1 heterocycles. The highest BCUT2D eigenvalue weighted by Crippen LogP contribution is 2.24. The zero-order valence-corrected chi connectivity index (χ0v) is 17.3. The molecule has 142 valence electrons. The molecule has 0 spiro atoms. The molecule has 0 radical (unpaired) electrons. The second kappa shape index (κ2) is 10.5. The van der Waals surface area contributed by atoms with Crippen LogP contribution >= 0.6 is 39.9 Å². The Morgan fingerprint density at radius 1 is 1.19 bits per heavy atom. The molecule has 26 heavy (non-hydrogen) atoms. The summed E-state index contributed by atoms with van der Waals surface area (Å²) in [7, 11) is 0. The number of β-amino-alcohol motifs (C(OH)–C–C–N with tert-alkyl or cyclic N) is 1. The molecule has 2 atom stereocenters. The van der Waals surface area contributed by atoms with E-state index in [1.807, 2.05) is 12.1 Å². The molecule has 4 nitrogen and oxygen atoms in total. The SMILES string of the molecule is Cl.OC(COc1ccc(Cl)cc1)CN1CCOC(c2ccc(Br)cc2)C1. The van der Waals surface area contributed by atoms with Crippen LogP contribution in [0.2, 0.25) is 5.02 Å². The lowest BCUT2D eigenvalue weighted by Crippen LogP contribution is -2.43. The topological polar surface area (TPSA) is 41.9 Å². The Kier molecular flexibility index (Phi) is 8.67. The van der Waals surface area contributed by atoms with E-state index in [1.54, 1.807) is 24.3 Å². The van der Waals surface area contributed by atoms with Gasteiger partial charge in [0.05, 0.1) is 12.7 Å². The average Bonchev–Trinajstić information content (AvgIpc) is 2.62. The van der Waals surface area contributed by atoms with E-state index in [-0.39, 0.29) is 25.1 Å². The van der Waals surface area contributed by atoms with Gasteiger partial charge in [-0.1, -0.05) is 39.7 Å². The third kappa shape index (κ3) is 6.41. The molecule has 1 N–H and O–H groups in total. The van der Waals surface area contributed by atoms with E-state index in [9.17, 15) is 5.11 Å². The number of aliphatic hydroxyl groups excluding tert-OH is 1. The third-order valence-electron chi connectivity index (χ3n) is 4.12. The molecule has 0 aromatic heterocycles. The first-order valence-electron chi connectivity index (χ1n) is 8.26. The van der Waals surface area contributed by atoms with Gasteiger partial charge in [0.15, 0.2) is 0 Å². The second-order valence-corrected chi connectivity index (χ2v) is 7.44. The molecule has 7 heteroatoms. The smallest absolute Gasteiger partial charge is 0.119 e. The molecule has 2 aromatic rings. The first kappa shape index (κ1) is 21.5. The summed E-state index contributed by atoms with van der Waals surface area (Å²) in [4.78, 5) is 2.21. The first-order chi connectivity index (χ1) is 12.1. The van der Waals surface area contributed by atoms with Crippen molar-refractivity contribution in [3.05, 3.63) is 63.6 Å². The van der Waals surface area contributed by atoms with Gasteiger partial charge in [-0.2, -0.15) is 0 Å². The largest absolute Gasteiger partial charge is 0.491 e. The number of morpholine rings is 1. The van der Waals surface area contributed by atoms with Gasteiger partial charge >= 0.3 is 0 Å². The third-order valence-corrected chi connectivity index (χ3v) is 4.90. The molecular formula is C19H22BrCl2NO3. The van der Waals surface area contributed by atoms with Crippen LogP contribution in [0.5, 0.6) is 5.75 Å². The van der Waals surface area contributed by atoms with Gasteiger partial charge in [0.1, 0.15) is 18.5 Å². The highest BCUT2D eigenvalue weighted by Gasteiger charge is 2.23. The lowest BCUT2D eigenvalue weighted by Gasteiger charge is -2.34. The highest BCUT2D eigenvalue weighted by molar-refractivity contribution is 9.10. The summed E-state index contributed by atoms with van der Waals surface area (Å²) < 4.78 is 12.5. The minimum atomic E-state index is -0.556. The van der Waals surface area contributed by atoms with Gasteiger partial charge in [0.2, 0.25) is 0 Å². The standard InChI is InChI=1S/C19H21BrClNO3.ClH/c20-15-3-1-14(2-4-15)19-12-22(9-10-24-19)11-17(23)13-25-18-7-5-16(21)6-8-18;/h1-8,17,19,23H,9-13H2;1H. The Balaban J connectivity index is 0.00000243. The number of nitrogens with zero attached hydrogens (tertiary/aromatic N) is 1. The average molecular weight is 463 g/mol. The molecule has 1 saturated heterocycles. The fraction of sp³-hybridized carbons (Fsp3) is 0.368. The molecule has 0 bridgehead atoms. The summed E-state index contributed by atoms with van der Waals surface area (Å²) >= 11 is 9.30. The predicted molar refractivity (Wildman–Crippen MR) is 109 cm³/mol. The molecular weight excluding hydrogens is 441 g/mol. The lowest BCUT2D eigenvalue weighted by molar-refractivity contribution is -0.0459. The van der Waals surface area contributed by atoms with Gasteiger partial charge in [-0.15, -0.1) is 12.4 Å². The van der Waals surface area contributed by atoms with Crippen LogP contribution in [-0.2, 0) is 4.74 Å². The van der Waals surface area contributed by atoms with Gasteiger partial charge in [0, 0.05) is 29.1 Å². The predicted octanol–water partition coefficient (Wildman–Crippen LogP) is 4.34. The Bertz CT molecular complexity index is 669. The van der Waals surface area contributed by atoms with E-state index < -0.39 is 6.10 Å². The summed E-state index contributed by atoms with van der Waals surface area (Å²) in [6.45, 7) is 3.04. The first-order valence-corrected chi connectivity index (χ1v) is 9.43. The van der Waals surface area contributed by atoms with Gasteiger partial charge in [-0.3, -0.25) is 4.90 Å². The summed E-state index contributed by atoms with van der Waals surface area (Å²) in [5, 5.41) is 10.9. The van der Waals surface area contributed by atoms with Crippen molar-refractivity contribution in [3.63, 3.8) is 0 Å². The molecule has 1 aliphatic heterocycles. The number of ether oxygens (including phenoxy) is 2. The number of hydrogen-bond donors (Lipinski definition) is 1. The van der Waals surface area contributed by atoms with Crippen molar-refractivity contribution in [2.75, 3.05) is 32.8 Å². The molecule has 2 aromatic carbocycles. The molecule has 0 saturated carbocycles. The molecule has 0 aliphatic carbocycles. The lowest BCUT2D eigenvalue weighted by atomic mass is 10.1. The van der Waals surface area contributed by atoms with Crippen molar-refractivity contribution in [1.82, 2.24) is 4.90 Å². The molecule has 0 amide bonds. The number of rotatable bonds is 6. The van der Waals surface area contributed by atoms with Crippen LogP contribution in [0.4, 0.5) is 0 Å². The second-order valence-electron chi connectivity index (χ2n) is 6.09. The minimum absolute atomic E-state index is 0. The van der Waals surface area contributed by atoms with Crippen molar-refractivity contribution >= 4 is 39.9 Å². The van der Waals surface area contributed by atoms with Gasteiger partial charge in [-0.25, -0.2) is 0 Å². The van der Waals surface area contributed by atoms with Crippen molar-refractivity contribution in [1.29, 1.82) is 0 Å². The Morgan fingerprint density at radius 3 is 2.58 bits per heavy atom. The van der Waals surface area contributed by atoms with Crippen LogP contribution in [0.25, 0.3) is 0 Å². The Hall–Kier alpha value is -0.820. The van der Waals surface area contributed by atoms with Crippen LogP contribution in [0.15, 0.2) is 53.0 Å². The number of aliphatic hydroxyl groups is 1. The number of halogens is 3. The van der Waals surface area contributed by atoms with E-state index in [4.69, 9.17) is 21.1 Å². The van der Waals surface area contributed by atoms with Crippen molar-refractivity contribution in [3.8, 4) is 5.75 Å². The minimum Gasteiger partial charge on any atom is -0.491 e. The maximum absolute atomic E-state index is 10.3. The van der Waals surface area contributed by atoms with Crippen LogP contribution in [-0.4, -0.2) is 49.0 Å². The number of benzene rings is 2. The molecule has 1 aliphatic rings. The van der Waals surface area contributed by atoms with E-state index in [1.165, 1.54) is 0 Å². The van der Waals surface area contributed by atoms with Gasteiger partial charge in [-0.05, 0) is 42.0 Å². The van der Waals surface area contributed by atoms with Gasteiger partial charge < -0.3 is 14.6 Å². The number of hydrogen-bond acceptors (Lipinski definition) is 4. The van der Waals surface area contributed by atoms with E-state index in [0.29, 0.717) is 23.9 Å². The van der Waals surface area contributed by atoms with Crippen molar-refractivity contribution in [2.45, 2.75) is 12.2 Å². The summed E-state index contributed by atoms with van der Waals surface area (Å²) in [6.07, 6.45) is -0.523. The van der Waals surface area contributed by atoms with Crippen LogP contribution in [0.3, 0.4) is 0 Å². The zero-order chi connectivity index (χ0) is 17.6. The van der Waals surface area contributed by atoms with E-state index in [2.05, 4.69) is 33.0 Å². The fourth-order valence-corrected chi connectivity index (χ4v) is 3.21. The van der Waals surface area contributed by atoms with Gasteiger partial charge in [0.25, 0.3) is 0 Å². The van der Waals surface area contributed by atoms with Crippen LogP contribution in [0, 0.1) is 0 Å². The maximum atomic E-state index is 10.3. The van der Waals surface area contributed by atoms with E-state index >= 15 is 0 Å². The quantitative estimate of drug-likeness (QED) is 0.693. The van der Waals surface area contributed by atoms with Crippen LogP contribution in [0.1, 0.15) is 11.7 Å². The zero-order valence-electron chi connectivity index (χ0n) is 14.2. The molecule has 3 rings (SSSR count). The van der Waals surface area contributed by atoms with Crippen LogP contribution < -0.4 is 4.74 Å². The fourth-order valence-electron chi connectivity index (χ4n) is 2.82. The summed E-state index contributed by atoms with van der Waals surface area (Å²) in [5.74, 6) is 0.707. The normalized spacial score (nSPS) is 18.8. The van der Waals surface area contributed by atoms with Crippen molar-refractivity contribution < 1.29 is 14.6 Å². The Labute approximate surface area is 173 Å². The summed E-state index contributed by atoms with van der Waals surface area (Å²) in [6, 6.07) is 15.3. The van der Waals surface area contributed by atoms with Crippen molar-refractivity contribution in [2.24, 2.45) is 0 Å². The molecule has 1 fully saturated rings. The Morgan fingerprint density at radius 2 is 1.88 bits per heavy atom. The summed E-state index contributed by atoms with van der Waals surface area (Å²) in [5.41, 5.74) is 1.15.